The fourth-order valence-electron chi connectivity index (χ4n) is 3.78. The fourth-order valence-corrected chi connectivity index (χ4v) is 4.95. The molecule has 1 atom stereocenters. The molecular formula is C26H20Cl4N2O4. The third kappa shape index (κ3) is 5.85. The number of carbonyl (C=O) groups is 2. The van der Waals surface area contributed by atoms with E-state index in [2.05, 4.69) is 10.3 Å². The van der Waals surface area contributed by atoms with Crippen molar-refractivity contribution < 1.29 is 19.1 Å². The molecular weight excluding hydrogens is 546 g/mol. The van der Waals surface area contributed by atoms with Gasteiger partial charge in [0.25, 0.3) is 5.91 Å². The molecule has 0 spiro atoms. The Kier molecular flexibility index (Phi) is 8.54. The van der Waals surface area contributed by atoms with Gasteiger partial charge >= 0.3 is 0 Å². The lowest BCUT2D eigenvalue weighted by molar-refractivity contribution is -0.120. The number of Topliss-reactive ketones (excluding diaryl/α,β-unsaturated/α-hetero) is 1. The van der Waals surface area contributed by atoms with Crippen molar-refractivity contribution in [2.24, 2.45) is 4.99 Å². The van der Waals surface area contributed by atoms with Crippen molar-refractivity contribution in [2.45, 2.75) is 12.6 Å². The maximum atomic E-state index is 13.3. The molecule has 0 aliphatic carbocycles. The molecule has 0 aromatic heterocycles. The molecule has 1 amide bonds. The van der Waals surface area contributed by atoms with Crippen LogP contribution >= 0.6 is 46.4 Å². The zero-order valence-corrected chi connectivity index (χ0v) is 22.0. The molecule has 36 heavy (non-hydrogen) atoms. The second kappa shape index (κ2) is 11.6. The predicted octanol–water partition coefficient (Wildman–Crippen LogP) is 6.04. The molecule has 0 unspecified atom stereocenters. The Morgan fingerprint density at radius 3 is 2.44 bits per heavy atom. The van der Waals surface area contributed by atoms with Gasteiger partial charge in [-0.3, -0.25) is 14.6 Å². The van der Waals surface area contributed by atoms with Crippen LogP contribution in [0.1, 0.15) is 27.0 Å². The number of fused-ring (bicyclic) bond motifs is 1. The van der Waals surface area contributed by atoms with Crippen LogP contribution in [0.5, 0.6) is 5.75 Å². The maximum absolute atomic E-state index is 13.3. The van der Waals surface area contributed by atoms with Gasteiger partial charge < -0.3 is 14.8 Å². The first kappa shape index (κ1) is 26.5. The van der Waals surface area contributed by atoms with Crippen molar-refractivity contribution in [3.05, 3.63) is 96.9 Å². The topological polar surface area (TPSA) is 77.0 Å². The van der Waals surface area contributed by atoms with Gasteiger partial charge in [-0.05, 0) is 35.9 Å². The summed E-state index contributed by atoms with van der Waals surface area (Å²) in [6, 6.07) is 15.0. The molecule has 0 bridgehead atoms. The van der Waals surface area contributed by atoms with Gasteiger partial charge in [-0.25, -0.2) is 0 Å². The highest BCUT2D eigenvalue weighted by atomic mass is 35.5. The van der Waals surface area contributed by atoms with Crippen LogP contribution in [0.4, 0.5) is 0 Å². The Morgan fingerprint density at radius 2 is 1.72 bits per heavy atom. The summed E-state index contributed by atoms with van der Waals surface area (Å²) in [6.45, 7) is 0.561. The Bertz CT molecular complexity index is 1340. The second-order valence-electron chi connectivity index (χ2n) is 7.88. The molecule has 0 fully saturated rings. The number of ketones is 1. The number of hydrogen-bond acceptors (Lipinski definition) is 5. The number of aliphatic imine (C=N–C) groups is 1. The normalized spacial score (nSPS) is 15.1. The monoisotopic (exact) mass is 564 g/mol. The lowest BCUT2D eigenvalue weighted by atomic mass is 9.96. The van der Waals surface area contributed by atoms with E-state index < -0.39 is 12.1 Å². The first-order valence-corrected chi connectivity index (χ1v) is 12.4. The third-order valence-electron chi connectivity index (χ3n) is 5.44. The summed E-state index contributed by atoms with van der Waals surface area (Å²) in [4.78, 5) is 31.2. The van der Waals surface area contributed by atoms with Gasteiger partial charge in [0.15, 0.2) is 11.9 Å². The van der Waals surface area contributed by atoms with E-state index in [1.807, 2.05) is 24.3 Å². The van der Waals surface area contributed by atoms with Crippen LogP contribution in [0.3, 0.4) is 0 Å². The first-order chi connectivity index (χ1) is 17.3. The number of rotatable bonds is 7. The minimum atomic E-state index is -1.21. The van der Waals surface area contributed by atoms with E-state index in [4.69, 9.17) is 55.9 Å². The molecule has 0 saturated carbocycles. The minimum Gasteiger partial charge on any atom is -0.490 e. The van der Waals surface area contributed by atoms with Crippen molar-refractivity contribution in [2.75, 3.05) is 20.3 Å². The van der Waals surface area contributed by atoms with Gasteiger partial charge in [0.2, 0.25) is 0 Å². The van der Waals surface area contributed by atoms with Gasteiger partial charge in [0.05, 0.1) is 27.9 Å². The first-order valence-electron chi connectivity index (χ1n) is 10.8. The van der Waals surface area contributed by atoms with Gasteiger partial charge in [-0.1, -0.05) is 70.7 Å². The highest BCUT2D eigenvalue weighted by Crippen LogP contribution is 2.33. The van der Waals surface area contributed by atoms with Crippen LogP contribution in [0.25, 0.3) is 0 Å². The highest BCUT2D eigenvalue weighted by molar-refractivity contribution is 6.43. The van der Waals surface area contributed by atoms with Gasteiger partial charge in [0.1, 0.15) is 12.4 Å². The zero-order chi connectivity index (χ0) is 25.8. The van der Waals surface area contributed by atoms with Crippen molar-refractivity contribution in [3.8, 4) is 5.75 Å². The molecule has 10 heteroatoms. The van der Waals surface area contributed by atoms with Crippen molar-refractivity contribution in [3.63, 3.8) is 0 Å². The number of ether oxygens (including phenoxy) is 2. The van der Waals surface area contributed by atoms with Crippen LogP contribution < -0.4 is 10.1 Å². The SMILES string of the molecule is COCCOc1ccc(Cl)cc1C(=O)N[C@H]1N=C(c2c(Cl)cc(Cl)cc2Cl)c2ccccc2CC1=O. The molecule has 6 nitrogen and oxygen atoms in total. The third-order valence-corrected chi connectivity index (χ3v) is 6.49. The Hall–Kier alpha value is -2.61. The van der Waals surface area contributed by atoms with Crippen molar-refractivity contribution in [1.82, 2.24) is 5.32 Å². The molecule has 0 saturated heterocycles. The van der Waals surface area contributed by atoms with E-state index in [0.717, 1.165) is 5.56 Å². The summed E-state index contributed by atoms with van der Waals surface area (Å²) in [5.41, 5.74) is 2.35. The zero-order valence-electron chi connectivity index (χ0n) is 19.0. The van der Waals surface area contributed by atoms with Crippen molar-refractivity contribution >= 4 is 63.8 Å². The summed E-state index contributed by atoms with van der Waals surface area (Å²) >= 11 is 25.3. The Balaban J connectivity index is 1.75. The molecule has 1 heterocycles. The Morgan fingerprint density at radius 1 is 1.00 bits per heavy atom. The number of nitrogens with one attached hydrogen (secondary N) is 1. The number of nitrogens with zero attached hydrogens (tertiary/aromatic N) is 1. The highest BCUT2D eigenvalue weighted by Gasteiger charge is 2.30. The summed E-state index contributed by atoms with van der Waals surface area (Å²) in [7, 11) is 1.54. The number of methoxy groups -OCH3 is 1. The number of hydrogen-bond donors (Lipinski definition) is 1. The van der Waals surface area contributed by atoms with E-state index in [9.17, 15) is 9.59 Å². The van der Waals surface area contributed by atoms with E-state index in [0.29, 0.717) is 39.2 Å². The molecule has 0 radical (unpaired) electrons. The van der Waals surface area contributed by atoms with Gasteiger partial charge in [-0.2, -0.15) is 0 Å². The molecule has 3 aromatic rings. The average Bonchev–Trinajstić information content (AvgIpc) is 2.96. The molecule has 3 aromatic carbocycles. The number of carbonyl (C=O) groups excluding carboxylic acids is 2. The predicted molar refractivity (Wildman–Crippen MR) is 142 cm³/mol. The minimum absolute atomic E-state index is 0.0453. The van der Waals surface area contributed by atoms with E-state index in [1.54, 1.807) is 31.4 Å². The molecule has 4 rings (SSSR count). The van der Waals surface area contributed by atoms with Crippen LogP contribution in [0.2, 0.25) is 20.1 Å². The van der Waals surface area contributed by atoms with Crippen molar-refractivity contribution in [1.29, 1.82) is 0 Å². The summed E-state index contributed by atoms with van der Waals surface area (Å²) in [5, 5.41) is 3.94. The lowest BCUT2D eigenvalue weighted by Gasteiger charge is -2.17. The standard InChI is InChI=1S/C26H20Cl4N2O4/c1-35-8-9-36-22-7-6-15(27)11-18(22)26(34)32-25-21(33)10-14-4-2-3-5-17(14)24(31-25)23-19(29)12-16(28)13-20(23)30/h2-7,11-13,25H,8-10H2,1H3,(H,32,34)/t25-/m1/s1. The van der Waals surface area contributed by atoms with Gasteiger partial charge in [-0.15, -0.1) is 0 Å². The largest absolute Gasteiger partial charge is 0.490 e. The number of benzene rings is 3. The van der Waals surface area contributed by atoms with Gasteiger partial charge in [0, 0.05) is 34.7 Å². The summed E-state index contributed by atoms with van der Waals surface area (Å²) in [6.07, 6.45) is -1.17. The quantitative estimate of drug-likeness (QED) is 0.354. The fraction of sp³-hybridized carbons (Fsp3) is 0.192. The maximum Gasteiger partial charge on any atom is 0.257 e. The van der Waals surface area contributed by atoms with E-state index >= 15 is 0 Å². The lowest BCUT2D eigenvalue weighted by Crippen LogP contribution is -2.40. The molecule has 186 valence electrons. The average molecular weight is 566 g/mol. The summed E-state index contributed by atoms with van der Waals surface area (Å²) < 4.78 is 10.7. The second-order valence-corrected chi connectivity index (χ2v) is 9.57. The molecule has 1 aliphatic rings. The van der Waals surface area contributed by atoms with Crippen LogP contribution in [-0.4, -0.2) is 43.9 Å². The summed E-state index contributed by atoms with van der Waals surface area (Å²) in [5.74, 6) is -0.590. The van der Waals surface area contributed by atoms with Crippen LogP contribution in [-0.2, 0) is 16.0 Å². The van der Waals surface area contributed by atoms with Crippen LogP contribution in [0, 0.1) is 0 Å². The van der Waals surface area contributed by atoms with Crippen LogP contribution in [0.15, 0.2) is 59.6 Å². The number of amides is 1. The number of halogens is 4. The van der Waals surface area contributed by atoms with E-state index in [1.165, 1.54) is 6.07 Å². The Labute approximate surface area is 228 Å². The molecule has 1 N–H and O–H groups in total. The van der Waals surface area contributed by atoms with E-state index in [-0.39, 0.29) is 34.4 Å². The smallest absolute Gasteiger partial charge is 0.257 e. The molecule has 1 aliphatic heterocycles.